The number of carbonyl (C=O) groups is 4. The minimum absolute atomic E-state index is 0.331. The Kier molecular flexibility index (Phi) is 6.47. The van der Waals surface area contributed by atoms with Gasteiger partial charge in [-0.3, -0.25) is 33.5 Å². The van der Waals surface area contributed by atoms with Gasteiger partial charge in [-0.15, -0.1) is 0 Å². The largest absolute Gasteiger partial charge is 0.469 e. The maximum Gasteiger partial charge on any atom is 0.330 e. The van der Waals surface area contributed by atoms with E-state index in [0.29, 0.717) is 4.57 Å². The number of nitrogens with zero attached hydrogens (tertiary/aromatic N) is 1. The van der Waals surface area contributed by atoms with Gasteiger partial charge in [-0.2, -0.15) is 0 Å². The van der Waals surface area contributed by atoms with Crippen LogP contribution in [0.2, 0.25) is 0 Å². The highest BCUT2D eigenvalue weighted by Crippen LogP contribution is 2.47. The smallest absolute Gasteiger partial charge is 0.330 e. The molecule has 1 aromatic heterocycles. The highest BCUT2D eigenvalue weighted by atomic mass is 16.6. The number of aromatic amines is 1. The van der Waals surface area contributed by atoms with E-state index in [-0.39, 0.29) is 5.56 Å². The molecule has 0 aliphatic carbocycles. The number of hydrogen-bond acceptors (Lipinski definition) is 11. The number of aliphatic hydroxyl groups is 3. The molecule has 0 radical (unpaired) electrons. The number of Topliss-reactive ketones (excluding diaryl/α,β-unsaturated/α-hetero) is 3. The van der Waals surface area contributed by atoms with Crippen LogP contribution < -0.4 is 11.2 Å². The monoisotopic (exact) mass is 442 g/mol. The fourth-order valence-electron chi connectivity index (χ4n) is 3.49. The Balaban J connectivity index is 2.80. The number of aliphatic hydroxyl groups excluding tert-OH is 1. The van der Waals surface area contributed by atoms with Crippen LogP contribution in [0.5, 0.6) is 0 Å². The van der Waals surface area contributed by atoms with Crippen LogP contribution in [0.15, 0.2) is 15.8 Å². The number of hydrogen-bond donors (Lipinski definition) is 4. The summed E-state index contributed by atoms with van der Waals surface area (Å²) in [5.41, 5.74) is -8.81. The van der Waals surface area contributed by atoms with Crippen molar-refractivity contribution < 1.29 is 44.0 Å². The van der Waals surface area contributed by atoms with Gasteiger partial charge in [0.25, 0.3) is 5.56 Å². The molecule has 4 N–H and O–H groups in total. The van der Waals surface area contributed by atoms with E-state index in [1.54, 1.807) is 0 Å². The van der Waals surface area contributed by atoms with E-state index in [1.807, 2.05) is 4.98 Å². The van der Waals surface area contributed by atoms with E-state index in [9.17, 15) is 44.1 Å². The lowest BCUT2D eigenvalue weighted by atomic mass is 9.73. The maximum atomic E-state index is 12.4. The maximum absolute atomic E-state index is 12.4. The number of esters is 1. The predicted octanol–water partition coefficient (Wildman–Crippen LogP) is -3.26. The molecule has 170 valence electrons. The molecule has 0 saturated carbocycles. The highest BCUT2D eigenvalue weighted by Gasteiger charge is 2.73. The molecule has 13 nitrogen and oxygen atoms in total. The van der Waals surface area contributed by atoms with Crippen molar-refractivity contribution in [3.05, 3.63) is 32.6 Å². The number of carbonyl (C=O) groups excluding carboxylic acids is 4. The summed E-state index contributed by atoms with van der Waals surface area (Å²) in [5.74, 6) is -4.28. The molecule has 1 unspecified atom stereocenters. The molecule has 0 bridgehead atoms. The van der Waals surface area contributed by atoms with Gasteiger partial charge in [0.1, 0.15) is 12.2 Å². The summed E-state index contributed by atoms with van der Waals surface area (Å²) in [5, 5.41) is 32.4. The van der Waals surface area contributed by atoms with Crippen LogP contribution in [0.1, 0.15) is 32.6 Å². The minimum Gasteiger partial charge on any atom is -0.469 e. The summed E-state index contributed by atoms with van der Waals surface area (Å²) >= 11 is 0. The van der Waals surface area contributed by atoms with Crippen LogP contribution in [0.4, 0.5) is 0 Å². The summed E-state index contributed by atoms with van der Waals surface area (Å²) in [6, 6.07) is 0. The zero-order chi connectivity index (χ0) is 23.9. The molecule has 13 heteroatoms. The molecule has 1 aliphatic rings. The minimum atomic E-state index is -3.15. The average Bonchev–Trinajstić information content (AvgIpc) is 2.93. The van der Waals surface area contributed by atoms with E-state index in [0.717, 1.165) is 34.1 Å². The van der Waals surface area contributed by atoms with Crippen molar-refractivity contribution in [2.45, 2.75) is 56.8 Å². The molecule has 2 rings (SSSR count). The van der Waals surface area contributed by atoms with Crippen molar-refractivity contribution in [3.63, 3.8) is 0 Å². The van der Waals surface area contributed by atoms with Gasteiger partial charge in [0.2, 0.25) is 5.60 Å². The van der Waals surface area contributed by atoms with Crippen LogP contribution in [0, 0.1) is 0 Å². The van der Waals surface area contributed by atoms with E-state index in [1.165, 1.54) is 0 Å². The van der Waals surface area contributed by atoms with Crippen LogP contribution in [-0.4, -0.2) is 78.7 Å². The van der Waals surface area contributed by atoms with E-state index in [2.05, 4.69) is 4.74 Å². The number of ether oxygens (including phenoxy) is 2. The second kappa shape index (κ2) is 8.26. The van der Waals surface area contributed by atoms with Gasteiger partial charge in [-0.25, -0.2) is 4.79 Å². The zero-order valence-electron chi connectivity index (χ0n) is 17.1. The van der Waals surface area contributed by atoms with Crippen LogP contribution in [0.25, 0.3) is 0 Å². The Bertz CT molecular complexity index is 1060. The van der Waals surface area contributed by atoms with Gasteiger partial charge in [0.05, 0.1) is 13.5 Å². The molecule has 1 fully saturated rings. The number of nitrogens with one attached hydrogen (secondary N) is 1. The first-order valence-electron chi connectivity index (χ1n) is 8.95. The first-order valence-corrected chi connectivity index (χ1v) is 8.95. The second-order valence-electron chi connectivity index (χ2n) is 7.18. The third-order valence-corrected chi connectivity index (χ3v) is 5.26. The van der Waals surface area contributed by atoms with Crippen molar-refractivity contribution >= 4 is 23.3 Å². The van der Waals surface area contributed by atoms with Crippen LogP contribution >= 0.6 is 0 Å². The second-order valence-corrected chi connectivity index (χ2v) is 7.18. The number of methoxy groups -OCH3 is 1. The topological polar surface area (TPSA) is 202 Å². The molecular formula is C18H22N2O11. The van der Waals surface area contributed by atoms with Crippen LogP contribution in [0.3, 0.4) is 0 Å². The van der Waals surface area contributed by atoms with Crippen molar-refractivity contribution in [2.24, 2.45) is 0 Å². The fraction of sp³-hybridized carbons (Fsp3) is 0.556. The first-order chi connectivity index (χ1) is 14.2. The van der Waals surface area contributed by atoms with Gasteiger partial charge < -0.3 is 24.8 Å². The molecule has 31 heavy (non-hydrogen) atoms. The van der Waals surface area contributed by atoms with Crippen molar-refractivity contribution in [1.29, 1.82) is 0 Å². The normalized spacial score (nSPS) is 28.7. The first kappa shape index (κ1) is 24.3. The number of aromatic nitrogens is 2. The quantitative estimate of drug-likeness (QED) is 0.309. The SMILES string of the molecule is COC(=O)Cc1cn([C@@H]2O[C@H](C(O)C(C)=O)[C@](O)(C(C)=O)[C@]2(O)C(C)=O)c(=O)[nH]c1=O. The van der Waals surface area contributed by atoms with Gasteiger partial charge >= 0.3 is 11.7 Å². The highest BCUT2D eigenvalue weighted by molar-refractivity contribution is 5.99. The molecule has 0 amide bonds. The van der Waals surface area contributed by atoms with Gasteiger partial charge in [-0.05, 0) is 20.8 Å². The molecule has 1 saturated heterocycles. The summed E-state index contributed by atoms with van der Waals surface area (Å²) < 4.78 is 10.3. The molecule has 1 aromatic rings. The lowest BCUT2D eigenvalue weighted by Gasteiger charge is -2.37. The van der Waals surface area contributed by atoms with Gasteiger partial charge in [-0.1, -0.05) is 0 Å². The summed E-state index contributed by atoms with van der Waals surface area (Å²) in [6.45, 7) is 2.49. The Morgan fingerprint density at radius 2 is 1.71 bits per heavy atom. The van der Waals surface area contributed by atoms with Crippen molar-refractivity contribution in [1.82, 2.24) is 9.55 Å². The lowest BCUT2D eigenvalue weighted by molar-refractivity contribution is -0.184. The molecule has 0 spiro atoms. The summed E-state index contributed by atoms with van der Waals surface area (Å²) in [4.78, 5) is 74.3. The Morgan fingerprint density at radius 1 is 1.16 bits per heavy atom. The molecule has 1 aliphatic heterocycles. The summed E-state index contributed by atoms with van der Waals surface area (Å²) in [7, 11) is 1.06. The number of ketones is 3. The third kappa shape index (κ3) is 3.65. The standard InChI is InChI=1S/C18H22N2O11/c1-7(21)12(25)13-17(28,8(2)22)18(29,9(3)23)15(31-13)20-6-10(5-11(24)30-4)14(26)19-16(20)27/h6,12-13,15,25,28-29H,5H2,1-4H3,(H,19,26,27)/t12?,13-,15-,17-,18+/m1/s1. The third-order valence-electron chi connectivity index (χ3n) is 5.26. The van der Waals surface area contributed by atoms with Crippen LogP contribution in [-0.2, 0) is 35.1 Å². The molecule has 5 atom stereocenters. The summed E-state index contributed by atoms with van der Waals surface area (Å²) in [6.07, 6.45) is -6.27. The van der Waals surface area contributed by atoms with E-state index < -0.39 is 70.6 Å². The predicted molar refractivity (Wildman–Crippen MR) is 98.9 cm³/mol. The Morgan fingerprint density at radius 3 is 2.16 bits per heavy atom. The number of H-pyrrole nitrogens is 1. The van der Waals surface area contributed by atoms with Gasteiger partial charge in [0, 0.05) is 11.8 Å². The molecule has 0 aromatic carbocycles. The van der Waals surface area contributed by atoms with E-state index >= 15 is 0 Å². The van der Waals surface area contributed by atoms with Crippen molar-refractivity contribution in [2.75, 3.05) is 7.11 Å². The van der Waals surface area contributed by atoms with Crippen molar-refractivity contribution in [3.8, 4) is 0 Å². The fourth-order valence-corrected chi connectivity index (χ4v) is 3.49. The van der Waals surface area contributed by atoms with Gasteiger partial charge in [0.15, 0.2) is 29.2 Å². The number of rotatable bonds is 7. The molecule has 2 heterocycles. The molecular weight excluding hydrogens is 420 g/mol. The lowest BCUT2D eigenvalue weighted by Crippen LogP contribution is -2.68. The van der Waals surface area contributed by atoms with E-state index in [4.69, 9.17) is 4.74 Å². The Hall–Kier alpha value is -3.00. The Labute approximate surface area is 174 Å². The zero-order valence-corrected chi connectivity index (χ0v) is 17.1. The average molecular weight is 442 g/mol.